The first-order chi connectivity index (χ1) is 14.2. The van der Waals surface area contributed by atoms with Crippen molar-refractivity contribution in [1.29, 1.82) is 0 Å². The predicted octanol–water partition coefficient (Wildman–Crippen LogP) is 1.68. The number of fused-ring (bicyclic) bond motifs is 1. The van der Waals surface area contributed by atoms with Crippen molar-refractivity contribution in [1.82, 2.24) is 5.32 Å². The van der Waals surface area contributed by atoms with Crippen molar-refractivity contribution in [2.75, 3.05) is 39.8 Å². The average Bonchev–Trinajstić information content (AvgIpc) is 3.46. The normalized spacial score (nSPS) is 22.7. The Labute approximate surface area is 169 Å². The van der Waals surface area contributed by atoms with Crippen molar-refractivity contribution in [2.45, 2.75) is 31.5 Å². The van der Waals surface area contributed by atoms with E-state index in [9.17, 15) is 4.79 Å². The third-order valence-electron chi connectivity index (χ3n) is 5.12. The third kappa shape index (κ3) is 5.41. The Balaban J connectivity index is 1.43. The molecule has 2 heterocycles. The Kier molecular flexibility index (Phi) is 6.53. The molecule has 158 valence electrons. The lowest BCUT2D eigenvalue weighted by Gasteiger charge is -2.29. The number of allylic oxidation sites excluding steroid dienone is 1. The summed E-state index contributed by atoms with van der Waals surface area (Å²) in [6.07, 6.45) is 4.19. The highest BCUT2D eigenvalue weighted by Gasteiger charge is 2.30. The van der Waals surface area contributed by atoms with Gasteiger partial charge in [-0.2, -0.15) is 0 Å². The Morgan fingerprint density at radius 3 is 2.86 bits per heavy atom. The second kappa shape index (κ2) is 9.47. The Morgan fingerprint density at radius 2 is 2.03 bits per heavy atom. The van der Waals surface area contributed by atoms with E-state index in [1.54, 1.807) is 0 Å². The van der Waals surface area contributed by atoms with Gasteiger partial charge in [-0.1, -0.05) is 6.07 Å². The molecule has 0 unspecified atom stereocenters. The lowest BCUT2D eigenvalue weighted by molar-refractivity contribution is -0.151. The maximum Gasteiger partial charge on any atom is 0.286 e. The first kappa shape index (κ1) is 20.0. The van der Waals surface area contributed by atoms with Gasteiger partial charge in [0.05, 0.1) is 26.4 Å². The molecule has 8 nitrogen and oxygen atoms in total. The van der Waals surface area contributed by atoms with E-state index >= 15 is 0 Å². The minimum Gasteiger partial charge on any atom is -0.459 e. The molecule has 4 rings (SSSR count). The van der Waals surface area contributed by atoms with Crippen LogP contribution in [0.1, 0.15) is 30.7 Å². The van der Waals surface area contributed by atoms with Crippen molar-refractivity contribution >= 4 is 5.91 Å². The van der Waals surface area contributed by atoms with Gasteiger partial charge in [-0.05, 0) is 42.5 Å². The van der Waals surface area contributed by atoms with E-state index in [4.69, 9.17) is 28.8 Å². The second-order valence-electron chi connectivity index (χ2n) is 7.39. The molecule has 2 N–H and O–H groups in total. The SMILES string of the molecule is O=C(NCC1CC1)C1=C[C@@H](c2ccc3c(c2)OCO3)C[C@@H](OCCOCCO)O1. The fraction of sp³-hybridized carbons (Fsp3) is 0.571. The molecule has 1 aromatic carbocycles. The topological polar surface area (TPSA) is 95.5 Å². The van der Waals surface area contributed by atoms with E-state index < -0.39 is 6.29 Å². The number of aliphatic hydroxyl groups excluding tert-OH is 1. The third-order valence-corrected chi connectivity index (χ3v) is 5.12. The standard InChI is InChI=1S/C21H27NO7/c23-5-6-25-7-8-26-20-11-16(15-3-4-17-18(9-15)28-13-27-17)10-19(29-20)21(24)22-12-14-1-2-14/h3-4,9-10,14,16,20,23H,1-2,5-8,11-13H2,(H,22,24)/t16-,20+/m1/s1. The Morgan fingerprint density at radius 1 is 1.17 bits per heavy atom. The predicted molar refractivity (Wildman–Crippen MR) is 102 cm³/mol. The van der Waals surface area contributed by atoms with Crippen LogP contribution in [0.3, 0.4) is 0 Å². The number of benzene rings is 1. The lowest BCUT2D eigenvalue weighted by Crippen LogP contribution is -2.34. The molecule has 1 fully saturated rings. The van der Waals surface area contributed by atoms with Gasteiger partial charge < -0.3 is 34.1 Å². The summed E-state index contributed by atoms with van der Waals surface area (Å²) in [7, 11) is 0. The summed E-state index contributed by atoms with van der Waals surface area (Å²) in [5.41, 5.74) is 1.01. The van der Waals surface area contributed by atoms with Crippen LogP contribution in [0.5, 0.6) is 11.5 Å². The summed E-state index contributed by atoms with van der Waals surface area (Å²) < 4.78 is 27.7. The van der Waals surface area contributed by atoms with Crippen LogP contribution >= 0.6 is 0 Å². The number of carbonyl (C=O) groups is 1. The highest BCUT2D eigenvalue weighted by Crippen LogP contribution is 2.38. The summed E-state index contributed by atoms with van der Waals surface area (Å²) in [5.74, 6) is 2.03. The van der Waals surface area contributed by atoms with Gasteiger partial charge in [-0.3, -0.25) is 4.79 Å². The number of amides is 1. The second-order valence-corrected chi connectivity index (χ2v) is 7.39. The van der Waals surface area contributed by atoms with E-state index in [-0.39, 0.29) is 37.6 Å². The van der Waals surface area contributed by atoms with Crippen LogP contribution in [-0.4, -0.2) is 57.1 Å². The first-order valence-corrected chi connectivity index (χ1v) is 10.1. The largest absolute Gasteiger partial charge is 0.459 e. The molecule has 0 bridgehead atoms. The zero-order valence-electron chi connectivity index (χ0n) is 16.3. The molecular formula is C21H27NO7. The van der Waals surface area contributed by atoms with Crippen molar-refractivity contribution in [3.63, 3.8) is 0 Å². The van der Waals surface area contributed by atoms with Crippen LogP contribution in [0.15, 0.2) is 30.0 Å². The van der Waals surface area contributed by atoms with Crippen molar-refractivity contribution in [2.24, 2.45) is 5.92 Å². The van der Waals surface area contributed by atoms with Gasteiger partial charge in [-0.25, -0.2) is 0 Å². The fourth-order valence-corrected chi connectivity index (χ4v) is 3.35. The average molecular weight is 405 g/mol. The van der Waals surface area contributed by atoms with E-state index in [0.717, 1.165) is 11.3 Å². The highest BCUT2D eigenvalue weighted by atomic mass is 16.7. The number of nitrogens with one attached hydrogen (secondary N) is 1. The van der Waals surface area contributed by atoms with Gasteiger partial charge in [0.1, 0.15) is 0 Å². The molecule has 0 spiro atoms. The summed E-state index contributed by atoms with van der Waals surface area (Å²) in [6.45, 7) is 1.80. The zero-order chi connectivity index (χ0) is 20.1. The zero-order valence-corrected chi connectivity index (χ0v) is 16.3. The number of aliphatic hydroxyl groups is 1. The molecule has 0 radical (unpaired) electrons. The van der Waals surface area contributed by atoms with E-state index in [1.165, 1.54) is 12.8 Å². The molecule has 2 atom stereocenters. The molecular weight excluding hydrogens is 378 g/mol. The van der Waals surface area contributed by atoms with Gasteiger partial charge in [-0.15, -0.1) is 0 Å². The molecule has 0 aromatic heterocycles. The fourth-order valence-electron chi connectivity index (χ4n) is 3.35. The number of hydrogen-bond donors (Lipinski definition) is 2. The molecule has 3 aliphatic rings. The Hall–Kier alpha value is -2.29. The highest BCUT2D eigenvalue weighted by molar-refractivity contribution is 5.91. The molecule has 1 amide bonds. The summed E-state index contributed by atoms with van der Waals surface area (Å²) >= 11 is 0. The van der Waals surface area contributed by atoms with Gasteiger partial charge in [0.2, 0.25) is 13.1 Å². The number of ether oxygens (including phenoxy) is 5. The maximum atomic E-state index is 12.6. The van der Waals surface area contributed by atoms with Crippen LogP contribution in [0.2, 0.25) is 0 Å². The smallest absolute Gasteiger partial charge is 0.286 e. The van der Waals surface area contributed by atoms with Crippen LogP contribution in [0.4, 0.5) is 0 Å². The minimum atomic E-state index is -0.560. The van der Waals surface area contributed by atoms with Gasteiger partial charge in [0, 0.05) is 18.9 Å². The molecule has 0 saturated heterocycles. The number of rotatable bonds is 10. The Bertz CT molecular complexity index is 747. The molecule has 2 aliphatic heterocycles. The molecule has 1 aromatic rings. The van der Waals surface area contributed by atoms with Crippen LogP contribution in [0.25, 0.3) is 0 Å². The molecule has 1 saturated carbocycles. The summed E-state index contributed by atoms with van der Waals surface area (Å²) in [4.78, 5) is 12.6. The van der Waals surface area contributed by atoms with E-state index in [0.29, 0.717) is 37.8 Å². The van der Waals surface area contributed by atoms with Crippen LogP contribution in [0, 0.1) is 5.92 Å². The maximum absolute atomic E-state index is 12.6. The monoisotopic (exact) mass is 405 g/mol. The molecule has 8 heteroatoms. The minimum absolute atomic E-state index is 0.0276. The van der Waals surface area contributed by atoms with Crippen molar-refractivity contribution in [3.05, 3.63) is 35.6 Å². The summed E-state index contributed by atoms with van der Waals surface area (Å²) in [6, 6.07) is 5.80. The van der Waals surface area contributed by atoms with E-state index in [2.05, 4.69) is 5.32 Å². The van der Waals surface area contributed by atoms with Gasteiger partial charge >= 0.3 is 0 Å². The van der Waals surface area contributed by atoms with Crippen LogP contribution in [-0.2, 0) is 19.0 Å². The van der Waals surface area contributed by atoms with Crippen LogP contribution < -0.4 is 14.8 Å². The molecule has 29 heavy (non-hydrogen) atoms. The quantitative estimate of drug-likeness (QED) is 0.572. The first-order valence-electron chi connectivity index (χ1n) is 10.1. The van der Waals surface area contributed by atoms with Gasteiger partial charge in [0.25, 0.3) is 5.91 Å². The number of carbonyl (C=O) groups excluding carboxylic acids is 1. The summed E-state index contributed by atoms with van der Waals surface area (Å²) in [5, 5.41) is 11.7. The molecule has 1 aliphatic carbocycles. The van der Waals surface area contributed by atoms with E-state index in [1.807, 2.05) is 24.3 Å². The number of hydrogen-bond acceptors (Lipinski definition) is 7. The van der Waals surface area contributed by atoms with Gasteiger partial charge in [0.15, 0.2) is 17.3 Å². The lowest BCUT2D eigenvalue weighted by atomic mass is 9.92. The van der Waals surface area contributed by atoms with Crippen molar-refractivity contribution in [3.8, 4) is 11.5 Å². The van der Waals surface area contributed by atoms with Crippen molar-refractivity contribution < 1.29 is 33.6 Å².